The summed E-state index contributed by atoms with van der Waals surface area (Å²) in [5, 5.41) is 11.4. The molecule has 1 aromatic rings. The zero-order chi connectivity index (χ0) is 14.5. The zero-order valence-electron chi connectivity index (χ0n) is 12.1. The van der Waals surface area contributed by atoms with Crippen molar-refractivity contribution in [1.82, 2.24) is 20.4 Å². The summed E-state index contributed by atoms with van der Waals surface area (Å²) in [6, 6.07) is 2.21. The van der Waals surface area contributed by atoms with Gasteiger partial charge in [0, 0.05) is 41.8 Å². The van der Waals surface area contributed by atoms with Crippen LogP contribution in [0.1, 0.15) is 29.4 Å². The molecule has 0 saturated carbocycles. The average molecular weight is 326 g/mol. The molecule has 0 bridgehead atoms. The van der Waals surface area contributed by atoms with Crippen molar-refractivity contribution in [1.29, 1.82) is 0 Å². The summed E-state index contributed by atoms with van der Waals surface area (Å²) < 4.78 is 1.94. The van der Waals surface area contributed by atoms with Crippen LogP contribution in [0.2, 0.25) is 0 Å². The molecule has 21 heavy (non-hydrogen) atoms. The number of piperidine rings is 1. The number of aromatic nitrogens is 2. The molecule has 2 unspecified atom stereocenters. The summed E-state index contributed by atoms with van der Waals surface area (Å²) in [7, 11) is 0. The Morgan fingerprint density at radius 2 is 2.48 bits per heavy atom. The van der Waals surface area contributed by atoms with E-state index in [1.807, 2.05) is 40.5 Å². The number of nitrogens with one attached hydrogen (secondary N) is 2. The van der Waals surface area contributed by atoms with E-state index in [2.05, 4.69) is 15.7 Å². The Morgan fingerprint density at radius 1 is 1.52 bits per heavy atom. The van der Waals surface area contributed by atoms with E-state index in [1.165, 1.54) is 17.9 Å². The van der Waals surface area contributed by atoms with Crippen LogP contribution in [0.15, 0.2) is 12.3 Å². The SMILES string of the molecule is O=C(NCC1CSCCS1)c1ccn(C2CCCNC2)n1. The van der Waals surface area contributed by atoms with Crippen LogP contribution >= 0.6 is 23.5 Å². The van der Waals surface area contributed by atoms with E-state index in [4.69, 9.17) is 0 Å². The second kappa shape index (κ2) is 7.56. The molecule has 0 spiro atoms. The van der Waals surface area contributed by atoms with Crippen molar-refractivity contribution < 1.29 is 4.79 Å². The first-order valence-corrected chi connectivity index (χ1v) is 9.76. The lowest BCUT2D eigenvalue weighted by Crippen LogP contribution is -2.34. The van der Waals surface area contributed by atoms with Gasteiger partial charge in [-0.25, -0.2) is 0 Å². The highest BCUT2D eigenvalue weighted by Gasteiger charge is 2.19. The molecule has 2 N–H and O–H groups in total. The number of amides is 1. The summed E-state index contributed by atoms with van der Waals surface area (Å²) in [5.74, 6) is 3.50. The Kier molecular flexibility index (Phi) is 5.49. The molecular weight excluding hydrogens is 304 g/mol. The molecule has 116 valence electrons. The Bertz CT molecular complexity index is 467. The first-order valence-electron chi connectivity index (χ1n) is 7.56. The molecule has 3 heterocycles. The maximum Gasteiger partial charge on any atom is 0.271 e. The molecule has 7 heteroatoms. The fourth-order valence-electron chi connectivity index (χ4n) is 2.67. The standard InChI is InChI=1S/C14H22N4OS2/c19-14(16-9-12-10-20-6-7-21-12)13-3-5-18(17-13)11-2-1-4-15-8-11/h3,5,11-12,15H,1-2,4,6-10H2,(H,16,19). The fourth-order valence-corrected chi connectivity index (χ4v) is 5.29. The maximum absolute atomic E-state index is 12.2. The van der Waals surface area contributed by atoms with Gasteiger partial charge in [0.2, 0.25) is 0 Å². The van der Waals surface area contributed by atoms with Gasteiger partial charge in [0.15, 0.2) is 0 Å². The minimum atomic E-state index is -0.0475. The summed E-state index contributed by atoms with van der Waals surface area (Å²) in [6.07, 6.45) is 4.23. The van der Waals surface area contributed by atoms with Crippen molar-refractivity contribution in [2.75, 3.05) is 36.9 Å². The third kappa shape index (κ3) is 4.17. The van der Waals surface area contributed by atoms with Crippen molar-refractivity contribution in [3.8, 4) is 0 Å². The minimum Gasteiger partial charge on any atom is -0.349 e. The number of carbonyl (C=O) groups is 1. The van der Waals surface area contributed by atoms with E-state index in [0.717, 1.165) is 31.8 Å². The van der Waals surface area contributed by atoms with Crippen LogP contribution in [0.25, 0.3) is 0 Å². The summed E-state index contributed by atoms with van der Waals surface area (Å²) in [4.78, 5) is 12.2. The van der Waals surface area contributed by atoms with Crippen molar-refractivity contribution in [2.45, 2.75) is 24.1 Å². The predicted octanol–water partition coefficient (Wildman–Crippen LogP) is 1.39. The third-order valence-corrected chi connectivity index (χ3v) is 6.71. The van der Waals surface area contributed by atoms with E-state index in [-0.39, 0.29) is 5.91 Å². The summed E-state index contributed by atoms with van der Waals surface area (Å²) in [6.45, 7) is 2.77. The average Bonchev–Trinajstić information content (AvgIpc) is 3.04. The summed E-state index contributed by atoms with van der Waals surface area (Å²) in [5.41, 5.74) is 0.536. The Hall–Kier alpha value is -0.660. The van der Waals surface area contributed by atoms with Gasteiger partial charge >= 0.3 is 0 Å². The normalized spacial score (nSPS) is 26.5. The highest BCUT2D eigenvalue weighted by molar-refractivity contribution is 8.06. The van der Waals surface area contributed by atoms with Crippen LogP contribution in [-0.2, 0) is 0 Å². The third-order valence-electron chi connectivity index (χ3n) is 3.86. The van der Waals surface area contributed by atoms with Crippen molar-refractivity contribution >= 4 is 29.4 Å². The zero-order valence-corrected chi connectivity index (χ0v) is 13.7. The molecule has 1 aromatic heterocycles. The number of rotatable bonds is 4. The Balaban J connectivity index is 1.51. The van der Waals surface area contributed by atoms with Crippen LogP contribution < -0.4 is 10.6 Å². The molecule has 0 radical (unpaired) electrons. The molecule has 0 aromatic carbocycles. The van der Waals surface area contributed by atoms with Gasteiger partial charge in [0.05, 0.1) is 6.04 Å². The van der Waals surface area contributed by atoms with Crippen LogP contribution in [0.5, 0.6) is 0 Å². The quantitative estimate of drug-likeness (QED) is 0.875. The molecule has 2 atom stereocenters. The lowest BCUT2D eigenvalue weighted by atomic mass is 10.1. The van der Waals surface area contributed by atoms with Crippen molar-refractivity contribution in [3.63, 3.8) is 0 Å². The molecule has 2 aliphatic rings. The van der Waals surface area contributed by atoms with E-state index >= 15 is 0 Å². The highest BCUT2D eigenvalue weighted by atomic mass is 32.2. The van der Waals surface area contributed by atoms with Crippen LogP contribution in [0.3, 0.4) is 0 Å². The van der Waals surface area contributed by atoms with Gasteiger partial charge in [0.1, 0.15) is 5.69 Å². The smallest absolute Gasteiger partial charge is 0.271 e. The molecule has 1 amide bonds. The van der Waals surface area contributed by atoms with Gasteiger partial charge in [-0.15, -0.1) is 0 Å². The van der Waals surface area contributed by atoms with Gasteiger partial charge in [0.25, 0.3) is 5.91 Å². The molecule has 5 nitrogen and oxygen atoms in total. The lowest BCUT2D eigenvalue weighted by Gasteiger charge is -2.23. The number of hydrogen-bond acceptors (Lipinski definition) is 5. The largest absolute Gasteiger partial charge is 0.349 e. The van der Waals surface area contributed by atoms with Gasteiger partial charge in [-0.2, -0.15) is 28.6 Å². The topological polar surface area (TPSA) is 59.0 Å². The lowest BCUT2D eigenvalue weighted by molar-refractivity contribution is 0.0948. The van der Waals surface area contributed by atoms with Crippen LogP contribution in [0.4, 0.5) is 0 Å². The second-order valence-corrected chi connectivity index (χ2v) is 8.02. The van der Waals surface area contributed by atoms with Crippen LogP contribution in [-0.4, -0.2) is 57.8 Å². The van der Waals surface area contributed by atoms with Gasteiger partial charge in [-0.3, -0.25) is 9.48 Å². The highest BCUT2D eigenvalue weighted by Crippen LogP contribution is 2.23. The monoisotopic (exact) mass is 326 g/mol. The van der Waals surface area contributed by atoms with Crippen LogP contribution in [0, 0.1) is 0 Å². The van der Waals surface area contributed by atoms with Gasteiger partial charge in [-0.05, 0) is 25.5 Å². The molecule has 2 fully saturated rings. The second-order valence-electron chi connectivity index (χ2n) is 5.46. The maximum atomic E-state index is 12.2. The first kappa shape index (κ1) is 15.2. The molecule has 0 aliphatic carbocycles. The van der Waals surface area contributed by atoms with E-state index in [9.17, 15) is 4.79 Å². The van der Waals surface area contributed by atoms with Crippen molar-refractivity contribution in [3.05, 3.63) is 18.0 Å². The number of nitrogens with zero attached hydrogens (tertiary/aromatic N) is 2. The van der Waals surface area contributed by atoms with Gasteiger partial charge < -0.3 is 10.6 Å². The van der Waals surface area contributed by atoms with Crippen molar-refractivity contribution in [2.24, 2.45) is 0 Å². The van der Waals surface area contributed by atoms with E-state index < -0.39 is 0 Å². The molecule has 2 aliphatic heterocycles. The molecule has 2 saturated heterocycles. The summed E-state index contributed by atoms with van der Waals surface area (Å²) >= 11 is 3.93. The Labute approximate surface area is 134 Å². The van der Waals surface area contributed by atoms with E-state index in [1.54, 1.807) is 0 Å². The predicted molar refractivity (Wildman–Crippen MR) is 89.3 cm³/mol. The number of hydrogen-bond donors (Lipinski definition) is 2. The fraction of sp³-hybridized carbons (Fsp3) is 0.714. The van der Waals surface area contributed by atoms with Gasteiger partial charge in [-0.1, -0.05) is 0 Å². The molecule has 3 rings (SSSR count). The molecular formula is C14H22N4OS2. The first-order chi connectivity index (χ1) is 10.3. The Morgan fingerprint density at radius 3 is 3.24 bits per heavy atom. The van der Waals surface area contributed by atoms with E-state index in [0.29, 0.717) is 17.0 Å². The number of thioether (sulfide) groups is 2. The minimum absolute atomic E-state index is 0.0475. The number of carbonyl (C=O) groups excluding carboxylic acids is 1.